The molecule has 20 heavy (non-hydrogen) atoms. The largest absolute Gasteiger partial charge is 0.355 e. The summed E-state index contributed by atoms with van der Waals surface area (Å²) in [6.45, 7) is 8.18. The Kier molecular flexibility index (Phi) is 7.08. The first-order valence-electron chi connectivity index (χ1n) is 6.90. The van der Waals surface area contributed by atoms with Crippen LogP contribution >= 0.6 is 11.6 Å². The number of carbonyl (C=O) groups excluding carboxylic acids is 1. The Bertz CT molecular complexity index is 441. The highest BCUT2D eigenvalue weighted by atomic mass is 35.5. The first kappa shape index (κ1) is 16.5. The summed E-state index contributed by atoms with van der Waals surface area (Å²) in [5.41, 5.74) is 0. The van der Waals surface area contributed by atoms with Crippen LogP contribution in [0.3, 0.4) is 0 Å². The molecule has 7 heteroatoms. The first-order chi connectivity index (χ1) is 9.62. The zero-order valence-corrected chi connectivity index (χ0v) is 13.0. The highest BCUT2D eigenvalue weighted by molar-refractivity contribution is 6.32. The van der Waals surface area contributed by atoms with E-state index in [4.69, 9.17) is 11.6 Å². The zero-order valence-electron chi connectivity index (χ0n) is 12.2. The molecule has 112 valence electrons. The van der Waals surface area contributed by atoms with Crippen LogP contribution in [-0.4, -0.2) is 42.1 Å². The molecule has 0 aromatic carbocycles. The summed E-state index contributed by atoms with van der Waals surface area (Å²) < 4.78 is 0. The van der Waals surface area contributed by atoms with Gasteiger partial charge in [0.05, 0.1) is 12.7 Å². The second kappa shape index (κ2) is 8.58. The minimum atomic E-state index is -0.0490. The second-order valence-electron chi connectivity index (χ2n) is 4.26. The van der Waals surface area contributed by atoms with Crippen molar-refractivity contribution in [1.82, 2.24) is 15.3 Å². The van der Waals surface area contributed by atoms with Crippen LogP contribution in [-0.2, 0) is 4.79 Å². The molecule has 0 atom stereocenters. The maximum atomic E-state index is 11.7. The van der Waals surface area contributed by atoms with Gasteiger partial charge in [-0.2, -0.15) is 4.98 Å². The molecule has 0 bridgehead atoms. The lowest BCUT2D eigenvalue weighted by Crippen LogP contribution is -2.37. The normalized spacial score (nSPS) is 10.2. The van der Waals surface area contributed by atoms with Gasteiger partial charge in [0.15, 0.2) is 5.82 Å². The van der Waals surface area contributed by atoms with Crippen LogP contribution in [0.15, 0.2) is 6.20 Å². The summed E-state index contributed by atoms with van der Waals surface area (Å²) in [4.78, 5) is 22.0. The van der Waals surface area contributed by atoms with Gasteiger partial charge >= 0.3 is 0 Å². The molecule has 0 spiro atoms. The minimum absolute atomic E-state index is 0.0490. The van der Waals surface area contributed by atoms with E-state index in [1.807, 2.05) is 18.7 Å². The Hall–Kier alpha value is -1.56. The number of anilines is 2. The average Bonchev–Trinajstić information content (AvgIpc) is 2.44. The zero-order chi connectivity index (χ0) is 15.0. The number of rotatable bonds is 8. The van der Waals surface area contributed by atoms with E-state index in [1.54, 1.807) is 6.20 Å². The molecule has 1 heterocycles. The van der Waals surface area contributed by atoms with E-state index in [-0.39, 0.29) is 12.5 Å². The van der Waals surface area contributed by atoms with Gasteiger partial charge in [0.1, 0.15) is 5.02 Å². The van der Waals surface area contributed by atoms with Crippen molar-refractivity contribution in [3.63, 3.8) is 0 Å². The summed E-state index contributed by atoms with van der Waals surface area (Å²) in [6, 6.07) is 0. The highest BCUT2D eigenvalue weighted by Gasteiger charge is 2.15. The molecular weight excluding hydrogens is 278 g/mol. The molecule has 0 radical (unpaired) electrons. The van der Waals surface area contributed by atoms with Gasteiger partial charge < -0.3 is 15.5 Å². The Labute approximate surface area is 124 Å². The fourth-order valence-electron chi connectivity index (χ4n) is 1.66. The lowest BCUT2D eigenvalue weighted by molar-refractivity contribution is -0.119. The molecule has 0 fully saturated rings. The van der Waals surface area contributed by atoms with Crippen molar-refractivity contribution >= 4 is 29.3 Å². The summed E-state index contributed by atoms with van der Waals surface area (Å²) in [6.07, 6.45) is 2.54. The summed E-state index contributed by atoms with van der Waals surface area (Å²) >= 11 is 6.14. The van der Waals surface area contributed by atoms with Crippen molar-refractivity contribution in [2.24, 2.45) is 0 Å². The molecule has 0 aliphatic carbocycles. The molecule has 0 unspecified atom stereocenters. The maximum Gasteiger partial charge on any atom is 0.239 e. The number of aromatic nitrogens is 2. The fourth-order valence-corrected chi connectivity index (χ4v) is 1.88. The third-order valence-electron chi connectivity index (χ3n) is 2.65. The van der Waals surface area contributed by atoms with Crippen molar-refractivity contribution < 1.29 is 4.79 Å². The van der Waals surface area contributed by atoms with Crippen molar-refractivity contribution in [2.45, 2.75) is 27.2 Å². The van der Waals surface area contributed by atoms with Gasteiger partial charge in [0, 0.05) is 19.6 Å². The van der Waals surface area contributed by atoms with E-state index in [0.717, 1.165) is 13.0 Å². The van der Waals surface area contributed by atoms with Gasteiger partial charge in [-0.1, -0.05) is 18.5 Å². The molecule has 6 nitrogen and oxygen atoms in total. The topological polar surface area (TPSA) is 70.2 Å². The van der Waals surface area contributed by atoms with Crippen molar-refractivity contribution in [3.8, 4) is 0 Å². The van der Waals surface area contributed by atoms with Gasteiger partial charge in [-0.3, -0.25) is 4.79 Å². The predicted molar refractivity (Wildman–Crippen MR) is 82.4 cm³/mol. The van der Waals surface area contributed by atoms with Gasteiger partial charge in [0.25, 0.3) is 0 Å². The van der Waals surface area contributed by atoms with Crippen molar-refractivity contribution in [3.05, 3.63) is 11.2 Å². The standard InChI is InChI=1S/C13H22ClN5O/c1-4-7-16-13-17-8-10(14)12(18-13)19(6-3)9-11(20)15-5-2/h8H,4-7,9H2,1-3H3,(H,15,20)(H,16,17,18). The number of hydrogen-bond donors (Lipinski definition) is 2. The number of halogens is 1. The lowest BCUT2D eigenvalue weighted by Gasteiger charge is -2.22. The van der Waals surface area contributed by atoms with Crippen molar-refractivity contribution in [2.75, 3.05) is 36.4 Å². The fraction of sp³-hybridized carbons (Fsp3) is 0.615. The monoisotopic (exact) mass is 299 g/mol. The second-order valence-corrected chi connectivity index (χ2v) is 4.67. The summed E-state index contributed by atoms with van der Waals surface area (Å²) in [7, 11) is 0. The molecule has 1 aromatic rings. The molecule has 1 rings (SSSR count). The lowest BCUT2D eigenvalue weighted by atomic mass is 10.4. The van der Waals surface area contributed by atoms with Crippen LogP contribution < -0.4 is 15.5 Å². The van der Waals surface area contributed by atoms with Crippen LogP contribution in [0.25, 0.3) is 0 Å². The van der Waals surface area contributed by atoms with Gasteiger partial charge in [-0.05, 0) is 20.3 Å². The molecular formula is C13H22ClN5O. The number of amides is 1. The smallest absolute Gasteiger partial charge is 0.239 e. The Morgan fingerprint density at radius 3 is 2.75 bits per heavy atom. The Morgan fingerprint density at radius 1 is 1.40 bits per heavy atom. The Morgan fingerprint density at radius 2 is 2.15 bits per heavy atom. The van der Waals surface area contributed by atoms with Crippen LogP contribution in [0, 0.1) is 0 Å². The number of nitrogens with one attached hydrogen (secondary N) is 2. The molecule has 0 saturated carbocycles. The molecule has 2 N–H and O–H groups in total. The minimum Gasteiger partial charge on any atom is -0.355 e. The van der Waals surface area contributed by atoms with Gasteiger partial charge in [0.2, 0.25) is 11.9 Å². The molecule has 1 aromatic heterocycles. The van der Waals surface area contributed by atoms with Crippen LogP contribution in [0.4, 0.5) is 11.8 Å². The van der Waals surface area contributed by atoms with E-state index in [9.17, 15) is 4.79 Å². The molecule has 0 aliphatic rings. The quantitative estimate of drug-likeness (QED) is 0.767. The van der Waals surface area contributed by atoms with E-state index in [0.29, 0.717) is 29.9 Å². The summed E-state index contributed by atoms with van der Waals surface area (Å²) in [5.74, 6) is 1.06. The van der Waals surface area contributed by atoms with Crippen LogP contribution in [0.2, 0.25) is 5.02 Å². The molecule has 0 aliphatic heterocycles. The van der Waals surface area contributed by atoms with E-state index >= 15 is 0 Å². The number of likely N-dealkylation sites (N-methyl/N-ethyl adjacent to an activating group) is 2. The third-order valence-corrected chi connectivity index (χ3v) is 2.92. The van der Waals surface area contributed by atoms with E-state index in [1.165, 1.54) is 0 Å². The average molecular weight is 300 g/mol. The number of nitrogens with zero attached hydrogens (tertiary/aromatic N) is 3. The number of carbonyl (C=O) groups is 1. The van der Waals surface area contributed by atoms with Crippen LogP contribution in [0.1, 0.15) is 27.2 Å². The van der Waals surface area contributed by atoms with Gasteiger partial charge in [-0.15, -0.1) is 0 Å². The maximum absolute atomic E-state index is 11.7. The first-order valence-corrected chi connectivity index (χ1v) is 7.28. The SMILES string of the molecule is CCCNc1ncc(Cl)c(N(CC)CC(=O)NCC)n1. The van der Waals surface area contributed by atoms with Crippen molar-refractivity contribution in [1.29, 1.82) is 0 Å². The summed E-state index contributed by atoms with van der Waals surface area (Å²) in [5, 5.41) is 6.32. The molecule has 0 saturated heterocycles. The number of hydrogen-bond acceptors (Lipinski definition) is 5. The van der Waals surface area contributed by atoms with E-state index < -0.39 is 0 Å². The highest BCUT2D eigenvalue weighted by Crippen LogP contribution is 2.23. The Balaban J connectivity index is 2.86. The van der Waals surface area contributed by atoms with Gasteiger partial charge in [-0.25, -0.2) is 4.98 Å². The molecule has 1 amide bonds. The van der Waals surface area contributed by atoms with Crippen LogP contribution in [0.5, 0.6) is 0 Å². The third kappa shape index (κ3) is 4.85. The predicted octanol–water partition coefficient (Wildman–Crippen LogP) is 1.91. The van der Waals surface area contributed by atoms with E-state index in [2.05, 4.69) is 27.5 Å².